The van der Waals surface area contributed by atoms with Crippen molar-refractivity contribution in [3.8, 4) is 22.4 Å². The van der Waals surface area contributed by atoms with Crippen molar-refractivity contribution in [2.45, 2.75) is 0 Å². The molecule has 0 aliphatic rings. The normalized spacial score (nSPS) is 10.5. The van der Waals surface area contributed by atoms with Crippen LogP contribution < -0.4 is 5.32 Å². The Morgan fingerprint density at radius 1 is 0.862 bits per heavy atom. The van der Waals surface area contributed by atoms with Crippen molar-refractivity contribution < 1.29 is 9.72 Å². The van der Waals surface area contributed by atoms with Crippen LogP contribution in [-0.2, 0) is 0 Å². The van der Waals surface area contributed by atoms with Gasteiger partial charge in [-0.05, 0) is 35.4 Å². The lowest BCUT2D eigenvalue weighted by atomic mass is 10.0. The summed E-state index contributed by atoms with van der Waals surface area (Å²) in [7, 11) is 0. The van der Waals surface area contributed by atoms with Crippen molar-refractivity contribution in [1.29, 1.82) is 0 Å². The van der Waals surface area contributed by atoms with E-state index in [4.69, 9.17) is 0 Å². The molecule has 0 saturated carbocycles. The van der Waals surface area contributed by atoms with Gasteiger partial charge in [-0.25, -0.2) is 4.98 Å². The van der Waals surface area contributed by atoms with Gasteiger partial charge in [-0.1, -0.05) is 42.5 Å². The Labute approximate surface area is 170 Å². The Morgan fingerprint density at radius 2 is 1.48 bits per heavy atom. The maximum atomic E-state index is 12.5. The van der Waals surface area contributed by atoms with Gasteiger partial charge in [0.2, 0.25) is 0 Å². The number of thiazole rings is 1. The summed E-state index contributed by atoms with van der Waals surface area (Å²) in [5, 5.41) is 15.8. The van der Waals surface area contributed by atoms with Crippen molar-refractivity contribution >= 4 is 28.1 Å². The summed E-state index contributed by atoms with van der Waals surface area (Å²) in [5.74, 6) is -0.241. The predicted octanol–water partition coefficient (Wildman–Crippen LogP) is 5.64. The number of carbonyl (C=O) groups is 1. The van der Waals surface area contributed by atoms with E-state index in [-0.39, 0.29) is 11.6 Å². The second kappa shape index (κ2) is 8.04. The first-order valence-electron chi connectivity index (χ1n) is 8.77. The highest BCUT2D eigenvalue weighted by atomic mass is 32.1. The van der Waals surface area contributed by atoms with Gasteiger partial charge in [0, 0.05) is 28.6 Å². The molecule has 6 nitrogen and oxygen atoms in total. The zero-order valence-electron chi connectivity index (χ0n) is 15.1. The highest BCUT2D eigenvalue weighted by molar-refractivity contribution is 7.14. The lowest BCUT2D eigenvalue weighted by Crippen LogP contribution is -2.11. The van der Waals surface area contributed by atoms with Crippen molar-refractivity contribution in [2.24, 2.45) is 0 Å². The minimum atomic E-state index is -0.445. The van der Waals surface area contributed by atoms with Crippen LogP contribution in [-0.4, -0.2) is 15.8 Å². The van der Waals surface area contributed by atoms with Gasteiger partial charge in [0.15, 0.2) is 5.13 Å². The van der Waals surface area contributed by atoms with Gasteiger partial charge in [0.25, 0.3) is 11.6 Å². The average molecular weight is 401 g/mol. The van der Waals surface area contributed by atoms with Crippen molar-refractivity contribution in [3.05, 3.63) is 99.9 Å². The van der Waals surface area contributed by atoms with Crippen LogP contribution in [0.4, 0.5) is 10.8 Å². The third-order valence-electron chi connectivity index (χ3n) is 4.35. The molecule has 0 unspecified atom stereocenters. The Bertz CT molecular complexity index is 1150. The van der Waals surface area contributed by atoms with Gasteiger partial charge in [0.1, 0.15) is 0 Å². The van der Waals surface area contributed by atoms with E-state index in [0.29, 0.717) is 16.4 Å². The number of nitro groups is 1. The van der Waals surface area contributed by atoms with Crippen LogP contribution in [0.5, 0.6) is 0 Å². The minimum Gasteiger partial charge on any atom is -0.298 e. The second-order valence-corrected chi connectivity index (χ2v) is 7.10. The molecule has 0 saturated heterocycles. The summed E-state index contributed by atoms with van der Waals surface area (Å²) >= 11 is 1.30. The number of nitro benzene ring substituents is 1. The van der Waals surface area contributed by atoms with E-state index in [1.807, 2.05) is 42.5 Å². The maximum absolute atomic E-state index is 12.5. The first-order valence-corrected chi connectivity index (χ1v) is 9.65. The average Bonchev–Trinajstić information content (AvgIpc) is 3.23. The van der Waals surface area contributed by atoms with E-state index in [1.165, 1.54) is 23.5 Å². The fourth-order valence-electron chi connectivity index (χ4n) is 2.83. The number of benzene rings is 3. The van der Waals surface area contributed by atoms with Crippen LogP contribution in [0.2, 0.25) is 0 Å². The fourth-order valence-corrected chi connectivity index (χ4v) is 3.55. The summed E-state index contributed by atoms with van der Waals surface area (Å²) < 4.78 is 0. The van der Waals surface area contributed by atoms with Gasteiger partial charge in [-0.3, -0.25) is 20.2 Å². The number of anilines is 1. The molecule has 142 valence electrons. The molecule has 0 spiro atoms. The number of aromatic nitrogens is 1. The molecule has 0 atom stereocenters. The summed E-state index contributed by atoms with van der Waals surface area (Å²) in [6.45, 7) is 0. The number of hydrogen-bond donors (Lipinski definition) is 1. The molecule has 1 N–H and O–H groups in total. The van der Waals surface area contributed by atoms with Gasteiger partial charge in [-0.15, -0.1) is 11.3 Å². The molecule has 3 aromatic carbocycles. The quantitative estimate of drug-likeness (QED) is 0.346. The molecule has 0 radical (unpaired) electrons. The molecule has 4 aromatic rings. The molecule has 0 bridgehead atoms. The lowest BCUT2D eigenvalue weighted by Gasteiger charge is -2.04. The molecular weight excluding hydrogens is 386 g/mol. The summed E-state index contributed by atoms with van der Waals surface area (Å²) in [4.78, 5) is 27.2. The molecule has 0 aliphatic carbocycles. The highest BCUT2D eigenvalue weighted by Gasteiger charge is 2.11. The fraction of sp³-hybridized carbons (Fsp3) is 0. The van der Waals surface area contributed by atoms with Crippen LogP contribution in [0.25, 0.3) is 22.4 Å². The zero-order valence-corrected chi connectivity index (χ0v) is 15.9. The minimum absolute atomic E-state index is 0.0245. The lowest BCUT2D eigenvalue weighted by molar-refractivity contribution is -0.384. The van der Waals surface area contributed by atoms with Crippen LogP contribution in [0, 0.1) is 10.1 Å². The topological polar surface area (TPSA) is 85.1 Å². The van der Waals surface area contributed by atoms with E-state index in [0.717, 1.165) is 16.7 Å². The van der Waals surface area contributed by atoms with E-state index in [9.17, 15) is 14.9 Å². The van der Waals surface area contributed by atoms with E-state index >= 15 is 0 Å². The van der Waals surface area contributed by atoms with E-state index in [2.05, 4.69) is 10.3 Å². The van der Waals surface area contributed by atoms with Crippen LogP contribution in [0.3, 0.4) is 0 Å². The summed E-state index contributed by atoms with van der Waals surface area (Å²) in [6.07, 6.45) is 0. The highest BCUT2D eigenvalue weighted by Crippen LogP contribution is 2.27. The number of rotatable bonds is 5. The number of amides is 1. The summed E-state index contributed by atoms with van der Waals surface area (Å²) in [6, 6.07) is 23.5. The molecule has 0 fully saturated rings. The van der Waals surface area contributed by atoms with Crippen LogP contribution >= 0.6 is 11.3 Å². The Balaban J connectivity index is 1.46. The molecular formula is C22H15N3O3S. The first kappa shape index (κ1) is 18.5. The van der Waals surface area contributed by atoms with Gasteiger partial charge < -0.3 is 0 Å². The monoisotopic (exact) mass is 401 g/mol. The third kappa shape index (κ3) is 4.20. The number of carbonyl (C=O) groups excluding carboxylic acids is 1. The summed E-state index contributed by atoms with van der Waals surface area (Å²) in [5.41, 5.74) is 4.09. The zero-order chi connectivity index (χ0) is 20.2. The number of nitrogens with one attached hydrogen (secondary N) is 1. The van der Waals surface area contributed by atoms with Gasteiger partial charge >= 0.3 is 0 Å². The smallest absolute Gasteiger partial charge is 0.269 e. The van der Waals surface area contributed by atoms with Crippen LogP contribution in [0.15, 0.2) is 84.2 Å². The largest absolute Gasteiger partial charge is 0.298 e. The molecule has 29 heavy (non-hydrogen) atoms. The second-order valence-electron chi connectivity index (χ2n) is 6.24. The van der Waals surface area contributed by atoms with Crippen LogP contribution in [0.1, 0.15) is 10.4 Å². The molecule has 1 aromatic heterocycles. The van der Waals surface area contributed by atoms with Crippen molar-refractivity contribution in [2.75, 3.05) is 5.32 Å². The molecule has 1 heterocycles. The first-order chi connectivity index (χ1) is 14.1. The number of non-ortho nitro benzene ring substituents is 1. The number of nitrogens with zero attached hydrogens (tertiary/aromatic N) is 2. The molecule has 1 amide bonds. The molecule has 7 heteroatoms. The maximum Gasteiger partial charge on any atom is 0.269 e. The van der Waals surface area contributed by atoms with E-state index in [1.54, 1.807) is 29.6 Å². The third-order valence-corrected chi connectivity index (χ3v) is 5.11. The van der Waals surface area contributed by atoms with Gasteiger partial charge in [0.05, 0.1) is 10.6 Å². The van der Waals surface area contributed by atoms with Gasteiger partial charge in [-0.2, -0.15) is 0 Å². The SMILES string of the molecule is O=C(Nc1nc(-c2ccc([N+](=O)[O-])cc2)cs1)c1ccc(-c2ccccc2)cc1. The van der Waals surface area contributed by atoms with Crippen molar-refractivity contribution in [3.63, 3.8) is 0 Å². The molecule has 0 aliphatic heterocycles. The number of hydrogen-bond acceptors (Lipinski definition) is 5. The predicted molar refractivity (Wildman–Crippen MR) is 114 cm³/mol. The van der Waals surface area contributed by atoms with Crippen molar-refractivity contribution in [1.82, 2.24) is 4.98 Å². The standard InChI is InChI=1S/C22H15N3O3S/c26-21(18-8-6-16(7-9-18)15-4-2-1-3-5-15)24-22-23-20(14-29-22)17-10-12-19(13-11-17)25(27)28/h1-14H,(H,23,24,26). The Kier molecular flexibility index (Phi) is 5.13. The Hall–Kier alpha value is -3.84. The van der Waals surface area contributed by atoms with E-state index < -0.39 is 4.92 Å². The Morgan fingerprint density at radius 3 is 2.14 bits per heavy atom. The molecule has 4 rings (SSSR count).